The van der Waals surface area contributed by atoms with Crippen molar-refractivity contribution in [1.82, 2.24) is 10.8 Å². The third kappa shape index (κ3) is 3.42. The van der Waals surface area contributed by atoms with Gasteiger partial charge in [0.15, 0.2) is 0 Å². The van der Waals surface area contributed by atoms with E-state index in [9.17, 15) is 14.0 Å². The summed E-state index contributed by atoms with van der Waals surface area (Å²) in [4.78, 5) is 25.2. The Balaban J connectivity index is 2.06. The summed E-state index contributed by atoms with van der Waals surface area (Å²) in [6.07, 6.45) is 0.504. The van der Waals surface area contributed by atoms with E-state index in [-0.39, 0.29) is 17.2 Å². The molecule has 130 valence electrons. The number of amides is 2. The standard InChI is InChI=1S/C17H15ClFN3O3/c18-11-3-6-13(19)15(9-11)22(14-7-8-20-17(14)24)12-4-1-10(2-5-12)16(23)21-25/h1-6,9,14,25H,7-8H2,(H,20,24)(H,21,23). The van der Waals surface area contributed by atoms with Gasteiger partial charge in [-0.2, -0.15) is 0 Å². The van der Waals surface area contributed by atoms with Crippen LogP contribution in [0.5, 0.6) is 0 Å². The number of rotatable bonds is 4. The monoisotopic (exact) mass is 363 g/mol. The maximum Gasteiger partial charge on any atom is 0.274 e. The van der Waals surface area contributed by atoms with E-state index in [2.05, 4.69) is 5.32 Å². The average molecular weight is 364 g/mol. The molecule has 2 aromatic carbocycles. The zero-order chi connectivity index (χ0) is 18.0. The molecule has 1 aliphatic heterocycles. The Morgan fingerprint density at radius 1 is 1.28 bits per heavy atom. The fraction of sp³-hybridized carbons (Fsp3) is 0.176. The zero-order valence-electron chi connectivity index (χ0n) is 13.0. The number of nitrogens with zero attached hydrogens (tertiary/aromatic N) is 1. The lowest BCUT2D eigenvalue weighted by atomic mass is 10.1. The fourth-order valence-electron chi connectivity index (χ4n) is 2.82. The first-order chi connectivity index (χ1) is 12.0. The molecule has 1 aliphatic rings. The van der Waals surface area contributed by atoms with Gasteiger partial charge < -0.3 is 10.2 Å². The molecule has 0 radical (unpaired) electrons. The molecule has 1 heterocycles. The molecule has 2 aromatic rings. The minimum absolute atomic E-state index is 0.175. The SMILES string of the molecule is O=C(NO)c1ccc(N(c2cc(Cl)ccc2F)C2CCNC2=O)cc1. The van der Waals surface area contributed by atoms with Crippen molar-refractivity contribution in [2.45, 2.75) is 12.5 Å². The Labute approximate surface area is 148 Å². The smallest absolute Gasteiger partial charge is 0.274 e. The van der Waals surface area contributed by atoms with Crippen molar-refractivity contribution in [1.29, 1.82) is 0 Å². The highest BCUT2D eigenvalue weighted by atomic mass is 35.5. The van der Waals surface area contributed by atoms with Crippen molar-refractivity contribution < 1.29 is 19.2 Å². The molecule has 1 atom stereocenters. The van der Waals surface area contributed by atoms with Crippen molar-refractivity contribution in [3.8, 4) is 0 Å². The van der Waals surface area contributed by atoms with Gasteiger partial charge in [0.05, 0.1) is 5.69 Å². The minimum atomic E-state index is -0.661. The second-order valence-corrected chi connectivity index (χ2v) is 5.99. The van der Waals surface area contributed by atoms with Crippen molar-refractivity contribution >= 4 is 34.8 Å². The number of carbonyl (C=O) groups is 2. The molecule has 0 spiro atoms. The third-order valence-corrected chi connectivity index (χ3v) is 4.24. The van der Waals surface area contributed by atoms with E-state index in [0.717, 1.165) is 0 Å². The van der Waals surface area contributed by atoms with E-state index in [1.807, 2.05) is 0 Å². The van der Waals surface area contributed by atoms with Crippen LogP contribution in [0.3, 0.4) is 0 Å². The molecule has 0 aromatic heterocycles. The van der Waals surface area contributed by atoms with Gasteiger partial charge in [-0.1, -0.05) is 11.6 Å². The van der Waals surface area contributed by atoms with E-state index in [0.29, 0.717) is 23.7 Å². The van der Waals surface area contributed by atoms with Crippen LogP contribution in [0.15, 0.2) is 42.5 Å². The van der Waals surface area contributed by atoms with Gasteiger partial charge in [-0.3, -0.25) is 14.8 Å². The summed E-state index contributed by atoms with van der Waals surface area (Å²) in [5.41, 5.74) is 2.48. The lowest BCUT2D eigenvalue weighted by Crippen LogP contribution is -2.38. The molecule has 8 heteroatoms. The summed E-state index contributed by atoms with van der Waals surface area (Å²) in [6, 6.07) is 9.65. The van der Waals surface area contributed by atoms with Gasteiger partial charge in [-0.25, -0.2) is 9.87 Å². The summed E-state index contributed by atoms with van der Waals surface area (Å²) in [7, 11) is 0. The number of hydrogen-bond acceptors (Lipinski definition) is 4. The number of anilines is 2. The molecule has 6 nitrogen and oxygen atoms in total. The zero-order valence-corrected chi connectivity index (χ0v) is 13.8. The van der Waals surface area contributed by atoms with E-state index in [1.54, 1.807) is 22.5 Å². The van der Waals surface area contributed by atoms with Crippen molar-refractivity contribution in [3.05, 3.63) is 58.9 Å². The highest BCUT2D eigenvalue weighted by Crippen LogP contribution is 2.34. The third-order valence-electron chi connectivity index (χ3n) is 4.01. The number of halogens is 2. The summed E-state index contributed by atoms with van der Waals surface area (Å²) in [5.74, 6) is -1.39. The van der Waals surface area contributed by atoms with Gasteiger partial charge in [0, 0.05) is 22.8 Å². The predicted molar refractivity (Wildman–Crippen MR) is 90.7 cm³/mol. The van der Waals surface area contributed by atoms with Gasteiger partial charge in [-0.05, 0) is 48.9 Å². The summed E-state index contributed by atoms with van der Waals surface area (Å²) >= 11 is 6.00. The first-order valence-electron chi connectivity index (χ1n) is 7.58. The molecule has 3 rings (SSSR count). The van der Waals surface area contributed by atoms with E-state index >= 15 is 0 Å². The molecule has 1 fully saturated rings. The van der Waals surface area contributed by atoms with E-state index < -0.39 is 17.8 Å². The Bertz CT molecular complexity index is 813. The quantitative estimate of drug-likeness (QED) is 0.576. The van der Waals surface area contributed by atoms with Gasteiger partial charge in [0.25, 0.3) is 5.91 Å². The van der Waals surface area contributed by atoms with Crippen LogP contribution < -0.4 is 15.7 Å². The van der Waals surface area contributed by atoms with Crippen molar-refractivity contribution in [2.24, 2.45) is 0 Å². The molecule has 0 aliphatic carbocycles. The predicted octanol–water partition coefficient (Wildman–Crippen LogP) is 2.62. The van der Waals surface area contributed by atoms with Gasteiger partial charge in [0.1, 0.15) is 11.9 Å². The Hall–Kier alpha value is -2.64. The Kier molecular flexibility index (Phi) is 4.87. The molecule has 3 N–H and O–H groups in total. The molecule has 0 bridgehead atoms. The van der Waals surface area contributed by atoms with Crippen LogP contribution in [0.1, 0.15) is 16.8 Å². The number of hydrogen-bond donors (Lipinski definition) is 3. The fourth-order valence-corrected chi connectivity index (χ4v) is 2.99. The van der Waals surface area contributed by atoms with Crippen LogP contribution in [0.2, 0.25) is 5.02 Å². The molecule has 1 unspecified atom stereocenters. The first kappa shape index (κ1) is 17.2. The van der Waals surface area contributed by atoms with Crippen LogP contribution in [-0.2, 0) is 4.79 Å². The summed E-state index contributed by atoms with van der Waals surface area (Å²) in [5, 5.41) is 11.8. The second-order valence-electron chi connectivity index (χ2n) is 5.55. The second kappa shape index (κ2) is 7.08. The molecular weight excluding hydrogens is 349 g/mol. The van der Waals surface area contributed by atoms with Crippen molar-refractivity contribution in [2.75, 3.05) is 11.4 Å². The summed E-state index contributed by atoms with van der Waals surface area (Å²) < 4.78 is 14.4. The van der Waals surface area contributed by atoms with E-state index in [4.69, 9.17) is 16.8 Å². The highest BCUT2D eigenvalue weighted by Gasteiger charge is 2.33. The van der Waals surface area contributed by atoms with Crippen LogP contribution in [0, 0.1) is 5.82 Å². The number of hydroxylamine groups is 1. The molecule has 25 heavy (non-hydrogen) atoms. The van der Waals surface area contributed by atoms with Crippen LogP contribution in [-0.4, -0.2) is 29.6 Å². The normalized spacial score (nSPS) is 16.4. The largest absolute Gasteiger partial charge is 0.354 e. The van der Waals surface area contributed by atoms with Gasteiger partial charge in [-0.15, -0.1) is 0 Å². The maximum atomic E-state index is 14.4. The molecular formula is C17H15ClFN3O3. The number of carbonyl (C=O) groups excluding carboxylic acids is 2. The van der Waals surface area contributed by atoms with Crippen LogP contribution in [0.4, 0.5) is 15.8 Å². The lowest BCUT2D eigenvalue weighted by molar-refractivity contribution is -0.120. The highest BCUT2D eigenvalue weighted by molar-refractivity contribution is 6.30. The molecule has 1 saturated heterocycles. The van der Waals surface area contributed by atoms with Crippen LogP contribution >= 0.6 is 11.6 Å². The minimum Gasteiger partial charge on any atom is -0.354 e. The van der Waals surface area contributed by atoms with E-state index in [1.165, 1.54) is 30.3 Å². The number of nitrogens with one attached hydrogen (secondary N) is 2. The summed E-state index contributed by atoms with van der Waals surface area (Å²) in [6.45, 7) is 0.493. The Morgan fingerprint density at radius 3 is 2.60 bits per heavy atom. The topological polar surface area (TPSA) is 81.7 Å². The first-order valence-corrected chi connectivity index (χ1v) is 7.95. The van der Waals surface area contributed by atoms with Crippen LogP contribution in [0.25, 0.3) is 0 Å². The van der Waals surface area contributed by atoms with Crippen molar-refractivity contribution in [3.63, 3.8) is 0 Å². The molecule has 2 amide bonds. The van der Waals surface area contributed by atoms with Gasteiger partial charge in [0.2, 0.25) is 5.91 Å². The molecule has 0 saturated carbocycles. The lowest BCUT2D eigenvalue weighted by Gasteiger charge is -2.30. The maximum absolute atomic E-state index is 14.4. The number of benzene rings is 2. The average Bonchev–Trinajstić information content (AvgIpc) is 3.04. The van der Waals surface area contributed by atoms with Gasteiger partial charge >= 0.3 is 0 Å². The Morgan fingerprint density at radius 2 is 2.00 bits per heavy atom.